The minimum absolute atomic E-state index is 0.110. The standard InChI is InChI=1S/C15H30N2O3/c1-5-20-14(18)15(16-9-12-19-4)7-6-10-17(11-8-15)13(2)3/h13,16H,5-12H2,1-4H3. The molecule has 1 heterocycles. The van der Waals surface area contributed by atoms with E-state index in [1.165, 1.54) is 0 Å². The normalized spacial score (nSPS) is 24.6. The Kier molecular flexibility index (Phi) is 7.48. The summed E-state index contributed by atoms with van der Waals surface area (Å²) < 4.78 is 10.4. The van der Waals surface area contributed by atoms with Crippen LogP contribution in [0, 0.1) is 0 Å². The van der Waals surface area contributed by atoms with Gasteiger partial charge >= 0.3 is 5.97 Å². The zero-order chi connectivity index (χ0) is 15.0. The van der Waals surface area contributed by atoms with Crippen LogP contribution < -0.4 is 5.32 Å². The lowest BCUT2D eigenvalue weighted by Gasteiger charge is -2.32. The largest absolute Gasteiger partial charge is 0.465 e. The quantitative estimate of drug-likeness (QED) is 0.566. The van der Waals surface area contributed by atoms with E-state index >= 15 is 0 Å². The summed E-state index contributed by atoms with van der Waals surface area (Å²) in [7, 11) is 1.67. The number of likely N-dealkylation sites (tertiary alicyclic amines) is 1. The van der Waals surface area contributed by atoms with Gasteiger partial charge in [0, 0.05) is 26.2 Å². The van der Waals surface area contributed by atoms with Crippen LogP contribution in [0.2, 0.25) is 0 Å². The Bertz CT molecular complexity index is 297. The molecule has 0 spiro atoms. The minimum atomic E-state index is -0.543. The highest BCUT2D eigenvalue weighted by atomic mass is 16.5. The predicted octanol–water partition coefficient (Wildman–Crippen LogP) is 1.42. The average Bonchev–Trinajstić information content (AvgIpc) is 2.63. The number of carbonyl (C=O) groups excluding carboxylic acids is 1. The molecule has 118 valence electrons. The molecular weight excluding hydrogens is 256 g/mol. The van der Waals surface area contributed by atoms with Gasteiger partial charge in [-0.1, -0.05) is 0 Å². The van der Waals surface area contributed by atoms with Crippen LogP contribution in [0.1, 0.15) is 40.0 Å². The van der Waals surface area contributed by atoms with Gasteiger partial charge in [-0.25, -0.2) is 0 Å². The fourth-order valence-electron chi connectivity index (χ4n) is 2.79. The average molecular weight is 286 g/mol. The molecule has 0 bridgehead atoms. The van der Waals surface area contributed by atoms with Crippen molar-refractivity contribution in [1.82, 2.24) is 10.2 Å². The first-order valence-electron chi connectivity index (χ1n) is 7.71. The van der Waals surface area contributed by atoms with Gasteiger partial charge < -0.3 is 14.4 Å². The Morgan fingerprint density at radius 3 is 2.70 bits per heavy atom. The van der Waals surface area contributed by atoms with E-state index < -0.39 is 5.54 Å². The molecule has 0 amide bonds. The summed E-state index contributed by atoms with van der Waals surface area (Å²) in [6.45, 7) is 9.96. The van der Waals surface area contributed by atoms with Gasteiger partial charge in [0.2, 0.25) is 0 Å². The van der Waals surface area contributed by atoms with Crippen LogP contribution in [-0.2, 0) is 14.3 Å². The molecule has 20 heavy (non-hydrogen) atoms. The molecule has 1 unspecified atom stereocenters. The Morgan fingerprint density at radius 2 is 2.10 bits per heavy atom. The molecule has 0 aromatic rings. The summed E-state index contributed by atoms with van der Waals surface area (Å²) in [5, 5.41) is 3.39. The number of methoxy groups -OCH3 is 1. The van der Waals surface area contributed by atoms with Gasteiger partial charge in [0.1, 0.15) is 5.54 Å². The monoisotopic (exact) mass is 286 g/mol. The Labute approximate surface area is 123 Å². The van der Waals surface area contributed by atoms with Gasteiger partial charge in [-0.05, 0) is 46.6 Å². The highest BCUT2D eigenvalue weighted by Crippen LogP contribution is 2.25. The fourth-order valence-corrected chi connectivity index (χ4v) is 2.79. The van der Waals surface area contributed by atoms with E-state index in [0.717, 1.165) is 32.4 Å². The fraction of sp³-hybridized carbons (Fsp3) is 0.933. The molecule has 0 radical (unpaired) electrons. The molecule has 1 N–H and O–H groups in total. The zero-order valence-corrected chi connectivity index (χ0v) is 13.4. The Morgan fingerprint density at radius 1 is 1.35 bits per heavy atom. The number of carbonyl (C=O) groups is 1. The van der Waals surface area contributed by atoms with Crippen molar-refractivity contribution in [3.05, 3.63) is 0 Å². The highest BCUT2D eigenvalue weighted by Gasteiger charge is 2.40. The smallest absolute Gasteiger partial charge is 0.326 e. The zero-order valence-electron chi connectivity index (χ0n) is 13.4. The second-order valence-corrected chi connectivity index (χ2v) is 5.71. The van der Waals surface area contributed by atoms with Crippen molar-refractivity contribution in [1.29, 1.82) is 0 Å². The molecule has 1 rings (SSSR count). The van der Waals surface area contributed by atoms with E-state index in [1.54, 1.807) is 7.11 Å². The van der Waals surface area contributed by atoms with E-state index in [4.69, 9.17) is 9.47 Å². The third-order valence-corrected chi connectivity index (χ3v) is 4.04. The van der Waals surface area contributed by atoms with Crippen LogP contribution in [0.5, 0.6) is 0 Å². The second-order valence-electron chi connectivity index (χ2n) is 5.71. The number of ether oxygens (including phenoxy) is 2. The molecule has 0 aromatic heterocycles. The van der Waals surface area contributed by atoms with Crippen LogP contribution in [0.3, 0.4) is 0 Å². The van der Waals surface area contributed by atoms with Crippen LogP contribution in [0.25, 0.3) is 0 Å². The van der Waals surface area contributed by atoms with Crippen molar-refractivity contribution >= 4 is 5.97 Å². The number of nitrogens with one attached hydrogen (secondary N) is 1. The second kappa shape index (κ2) is 8.60. The molecule has 0 aromatic carbocycles. The number of esters is 1. The summed E-state index contributed by atoms with van der Waals surface area (Å²) in [5.74, 6) is -0.110. The first kappa shape index (κ1) is 17.4. The maximum absolute atomic E-state index is 12.4. The van der Waals surface area contributed by atoms with Crippen molar-refractivity contribution < 1.29 is 14.3 Å². The Balaban J connectivity index is 2.73. The van der Waals surface area contributed by atoms with Crippen LogP contribution in [0.4, 0.5) is 0 Å². The molecule has 5 nitrogen and oxygen atoms in total. The topological polar surface area (TPSA) is 50.8 Å². The number of hydrogen-bond donors (Lipinski definition) is 1. The third kappa shape index (κ3) is 4.72. The highest BCUT2D eigenvalue weighted by molar-refractivity contribution is 5.81. The first-order chi connectivity index (χ1) is 9.55. The van der Waals surface area contributed by atoms with Gasteiger partial charge in [0.15, 0.2) is 0 Å². The third-order valence-electron chi connectivity index (χ3n) is 4.04. The predicted molar refractivity (Wildman–Crippen MR) is 79.8 cm³/mol. The lowest BCUT2D eigenvalue weighted by atomic mass is 9.90. The molecule has 0 aliphatic carbocycles. The molecule has 0 saturated carbocycles. The van der Waals surface area contributed by atoms with Gasteiger partial charge in [0.05, 0.1) is 13.2 Å². The molecule has 1 aliphatic rings. The van der Waals surface area contributed by atoms with Crippen LogP contribution in [0.15, 0.2) is 0 Å². The molecule has 1 aliphatic heterocycles. The SMILES string of the molecule is CCOC(=O)C1(NCCOC)CCCN(C(C)C)CC1. The van der Waals surface area contributed by atoms with E-state index in [1.807, 2.05) is 6.92 Å². The lowest BCUT2D eigenvalue weighted by molar-refractivity contribution is -0.152. The number of hydrogen-bond acceptors (Lipinski definition) is 5. The maximum atomic E-state index is 12.4. The van der Waals surface area contributed by atoms with Gasteiger partial charge in [0.25, 0.3) is 0 Å². The first-order valence-corrected chi connectivity index (χ1v) is 7.71. The van der Waals surface area contributed by atoms with Crippen molar-refractivity contribution in [2.24, 2.45) is 0 Å². The Hall–Kier alpha value is -0.650. The lowest BCUT2D eigenvalue weighted by Crippen LogP contribution is -2.54. The van der Waals surface area contributed by atoms with Crippen molar-refractivity contribution in [3.63, 3.8) is 0 Å². The van der Waals surface area contributed by atoms with Gasteiger partial charge in [-0.3, -0.25) is 10.1 Å². The van der Waals surface area contributed by atoms with E-state index in [0.29, 0.717) is 25.8 Å². The molecule has 1 atom stereocenters. The van der Waals surface area contributed by atoms with Crippen molar-refractivity contribution in [3.8, 4) is 0 Å². The van der Waals surface area contributed by atoms with E-state index in [9.17, 15) is 4.79 Å². The van der Waals surface area contributed by atoms with Crippen LogP contribution in [-0.4, -0.2) is 62.4 Å². The summed E-state index contributed by atoms with van der Waals surface area (Å²) >= 11 is 0. The van der Waals surface area contributed by atoms with Crippen LogP contribution >= 0.6 is 0 Å². The summed E-state index contributed by atoms with van der Waals surface area (Å²) in [6.07, 6.45) is 2.64. The summed E-state index contributed by atoms with van der Waals surface area (Å²) in [5.41, 5.74) is -0.543. The molecule has 5 heteroatoms. The van der Waals surface area contributed by atoms with Gasteiger partial charge in [-0.2, -0.15) is 0 Å². The molecule has 1 saturated heterocycles. The summed E-state index contributed by atoms with van der Waals surface area (Å²) in [6, 6.07) is 0.520. The van der Waals surface area contributed by atoms with Crippen molar-refractivity contribution in [2.45, 2.75) is 51.6 Å². The molecule has 1 fully saturated rings. The number of rotatable bonds is 7. The van der Waals surface area contributed by atoms with Crippen molar-refractivity contribution in [2.75, 3.05) is 40.0 Å². The van der Waals surface area contributed by atoms with E-state index in [-0.39, 0.29) is 5.97 Å². The van der Waals surface area contributed by atoms with E-state index in [2.05, 4.69) is 24.1 Å². The molecular formula is C15H30N2O3. The van der Waals surface area contributed by atoms with Gasteiger partial charge in [-0.15, -0.1) is 0 Å². The minimum Gasteiger partial charge on any atom is -0.465 e. The summed E-state index contributed by atoms with van der Waals surface area (Å²) in [4.78, 5) is 14.8. The maximum Gasteiger partial charge on any atom is 0.326 e. The number of nitrogens with zero attached hydrogens (tertiary/aromatic N) is 1.